The Balaban J connectivity index is 0.677. The SMILES string of the molecule is CC1(C)CC(=O)C(C(CCOCCOCCOCCOCCNC(=O)CCCC[C@@H]2SC[C@@H]3NC(=O)N[C@@H]32)=NCCCC(=O)Nc2ccc(-n3nnc(C(=O)NCCCN4C(=O)CN=C(c5ccccc5)c5cc(Cl)ccc54)n3)cc2)=C(O)C1. The van der Waals surface area contributed by atoms with Crippen molar-refractivity contribution in [3.05, 3.63) is 106 Å². The van der Waals surface area contributed by atoms with Crippen molar-refractivity contribution in [3.63, 3.8) is 0 Å². The Kier molecular flexibility index (Phi) is 23.8. The lowest BCUT2D eigenvalue weighted by Gasteiger charge is -2.30. The zero-order valence-corrected chi connectivity index (χ0v) is 49.1. The van der Waals surface area contributed by atoms with Gasteiger partial charge in [-0.25, -0.2) is 4.79 Å². The predicted molar refractivity (Wildman–Crippen MR) is 320 cm³/mol. The molecule has 6 amide bonds. The Morgan fingerprint density at radius 2 is 1.54 bits per heavy atom. The highest BCUT2D eigenvalue weighted by atomic mass is 35.5. The number of thioether (sulfide) groups is 1. The molecule has 1 aromatic heterocycles. The van der Waals surface area contributed by atoms with Crippen LogP contribution in [0.1, 0.15) is 99.8 Å². The van der Waals surface area contributed by atoms with Crippen molar-refractivity contribution >= 4 is 81.6 Å². The number of urea groups is 1. The number of Topliss-reactive ketones (excluding diaryl/α,β-unsaturated/α-hetero) is 1. The molecule has 0 unspecified atom stereocenters. The van der Waals surface area contributed by atoms with E-state index in [0.29, 0.717) is 124 Å². The molecule has 4 aliphatic rings. The standard InChI is InChI=1S/C59H75ClN12O11S/c1-59(2)35-47(73)53(48(74)36-59)44(21-26-80-28-30-82-32-33-83-31-29-81-27-24-62-50(75)13-7-6-12-49-55-45(38-84-49)66-58(79)67-55)61-22-8-14-51(76)65-41-16-18-42(19-17-41)72-69-56(68-70-72)57(78)63-23-9-25-71-46-20-15-40(60)34-43(46)54(64-37-52(71)77)39-10-4-3-5-11-39/h3-5,10-11,15-20,34,45,49,55,73H,6-9,12-14,21-33,35-38H2,1-2H3,(H,62,75)(H,63,78)(H,65,76)(H2,66,67,79)/t45-,49-,55-/m0/s1. The number of carbonyl (C=O) groups excluding carboxylic acids is 6. The predicted octanol–water partition coefficient (Wildman–Crippen LogP) is 5.98. The molecule has 8 rings (SSSR count). The quantitative estimate of drug-likeness (QED) is 0.0182. The van der Waals surface area contributed by atoms with Gasteiger partial charge in [0.2, 0.25) is 17.7 Å². The summed E-state index contributed by atoms with van der Waals surface area (Å²) in [6, 6.07) is 22.0. The number of amides is 6. The van der Waals surface area contributed by atoms with Crippen LogP contribution in [0.15, 0.2) is 94.1 Å². The Morgan fingerprint density at radius 3 is 2.29 bits per heavy atom. The van der Waals surface area contributed by atoms with Gasteiger partial charge >= 0.3 is 6.03 Å². The maximum atomic E-state index is 13.3. The van der Waals surface area contributed by atoms with Crippen molar-refractivity contribution in [3.8, 4) is 5.69 Å². The molecule has 450 valence electrons. The Morgan fingerprint density at radius 1 is 0.810 bits per heavy atom. The van der Waals surface area contributed by atoms with Gasteiger partial charge in [-0.2, -0.15) is 11.8 Å². The van der Waals surface area contributed by atoms with Gasteiger partial charge in [-0.3, -0.25) is 34.0 Å². The van der Waals surface area contributed by atoms with Gasteiger partial charge < -0.3 is 55.5 Å². The second-order valence-corrected chi connectivity index (χ2v) is 23.2. The van der Waals surface area contributed by atoms with Crippen LogP contribution in [0.25, 0.3) is 5.69 Å². The number of unbranched alkanes of at least 4 members (excludes halogenated alkanes) is 1. The minimum atomic E-state index is -0.532. The molecule has 6 N–H and O–H groups in total. The summed E-state index contributed by atoms with van der Waals surface area (Å²) in [6.45, 7) is 7.83. The Bertz CT molecular complexity index is 3010. The average molecular weight is 1200 g/mol. The maximum Gasteiger partial charge on any atom is 0.315 e. The van der Waals surface area contributed by atoms with Crippen LogP contribution in [-0.4, -0.2) is 181 Å². The molecule has 0 bridgehead atoms. The molecule has 23 nitrogen and oxygen atoms in total. The molecule has 4 heterocycles. The number of ether oxygens (including phenoxy) is 4. The van der Waals surface area contributed by atoms with Gasteiger partial charge in [0.25, 0.3) is 11.7 Å². The molecule has 2 fully saturated rings. The van der Waals surface area contributed by atoms with E-state index in [9.17, 15) is 33.9 Å². The van der Waals surface area contributed by atoms with Gasteiger partial charge in [0, 0.05) is 91.1 Å². The minimum absolute atomic E-state index is 0.00505. The summed E-state index contributed by atoms with van der Waals surface area (Å²) < 4.78 is 22.6. The number of hydrogen-bond donors (Lipinski definition) is 6. The second-order valence-electron chi connectivity index (χ2n) is 21.5. The van der Waals surface area contributed by atoms with E-state index in [4.69, 9.17) is 35.5 Å². The fraction of sp³-hybridized carbons (Fsp3) is 0.508. The monoisotopic (exact) mass is 1190 g/mol. The molecule has 4 aromatic rings. The van der Waals surface area contributed by atoms with Gasteiger partial charge in [0.05, 0.1) is 93.3 Å². The lowest BCUT2D eigenvalue weighted by Crippen LogP contribution is -2.36. The fourth-order valence-corrected chi connectivity index (χ4v) is 11.9. The van der Waals surface area contributed by atoms with Crippen molar-refractivity contribution in [1.29, 1.82) is 0 Å². The molecule has 3 atom stereocenters. The smallest absolute Gasteiger partial charge is 0.315 e. The highest BCUT2D eigenvalue weighted by molar-refractivity contribution is 8.00. The van der Waals surface area contributed by atoms with E-state index in [2.05, 4.69) is 47.0 Å². The normalized spacial score (nSPS) is 18.4. The number of tetrazole rings is 1. The van der Waals surface area contributed by atoms with E-state index in [-0.39, 0.29) is 110 Å². The zero-order chi connectivity index (χ0) is 59.3. The maximum absolute atomic E-state index is 13.3. The summed E-state index contributed by atoms with van der Waals surface area (Å²) in [5.41, 5.74) is 4.31. The number of nitrogens with one attached hydrogen (secondary N) is 5. The first-order valence-corrected chi connectivity index (χ1v) is 30.1. The van der Waals surface area contributed by atoms with E-state index in [0.717, 1.165) is 36.1 Å². The number of allylic oxidation sites excluding steroid dienone is 2. The van der Waals surface area contributed by atoms with Gasteiger partial charge in [-0.05, 0) is 78.8 Å². The van der Waals surface area contributed by atoms with Crippen molar-refractivity contribution < 1.29 is 52.8 Å². The van der Waals surface area contributed by atoms with Gasteiger partial charge in [-0.15, -0.1) is 15.0 Å². The number of carbonyl (C=O) groups is 6. The van der Waals surface area contributed by atoms with E-state index < -0.39 is 5.91 Å². The number of hydrogen-bond acceptors (Lipinski definition) is 17. The molecule has 1 aliphatic carbocycles. The zero-order valence-electron chi connectivity index (χ0n) is 47.6. The van der Waals surface area contributed by atoms with Crippen LogP contribution in [0.2, 0.25) is 5.02 Å². The molecule has 3 aliphatic heterocycles. The summed E-state index contributed by atoms with van der Waals surface area (Å²) in [7, 11) is 0. The van der Waals surface area contributed by atoms with Crippen LogP contribution in [0, 0.1) is 5.41 Å². The molecule has 0 radical (unpaired) electrons. The number of aliphatic imine (C=N–C) groups is 2. The summed E-state index contributed by atoms with van der Waals surface area (Å²) in [4.78, 5) is 88.6. The number of aliphatic hydroxyl groups excluding tert-OH is 1. The first kappa shape index (κ1) is 62.9. The number of ketones is 1. The van der Waals surface area contributed by atoms with Gasteiger partial charge in [-0.1, -0.05) is 62.2 Å². The van der Waals surface area contributed by atoms with Gasteiger partial charge in [0.1, 0.15) is 12.3 Å². The number of rotatable bonds is 33. The summed E-state index contributed by atoms with van der Waals surface area (Å²) in [5, 5.41) is 38.7. The molecular weight excluding hydrogens is 1120 g/mol. The third-order valence-electron chi connectivity index (χ3n) is 14.3. The molecular formula is C59H75ClN12O11S. The number of anilines is 2. The average Bonchev–Trinajstić information content (AvgIpc) is 3.69. The Labute approximate surface area is 497 Å². The van der Waals surface area contributed by atoms with Crippen molar-refractivity contribution in [2.75, 3.05) is 102 Å². The van der Waals surface area contributed by atoms with E-state index in [1.165, 1.54) is 4.80 Å². The van der Waals surface area contributed by atoms with Crippen molar-refractivity contribution in [2.45, 2.75) is 95.4 Å². The highest BCUT2D eigenvalue weighted by Gasteiger charge is 2.42. The molecule has 25 heteroatoms. The number of benzene rings is 3. The summed E-state index contributed by atoms with van der Waals surface area (Å²) in [5.74, 6) is -0.326. The number of benzodiazepines with no additional fused rings is 1. The molecule has 0 spiro atoms. The first-order chi connectivity index (χ1) is 40.7. The van der Waals surface area contributed by atoms with Crippen LogP contribution in [-0.2, 0) is 38.1 Å². The van der Waals surface area contributed by atoms with Crippen LogP contribution < -0.4 is 31.5 Å². The summed E-state index contributed by atoms with van der Waals surface area (Å²) in [6.07, 6.45) is 5.04. The number of fused-ring (bicyclic) bond motifs is 2. The largest absolute Gasteiger partial charge is 0.511 e. The van der Waals surface area contributed by atoms with E-state index in [1.54, 1.807) is 41.3 Å². The molecule has 84 heavy (non-hydrogen) atoms. The molecule has 2 saturated heterocycles. The highest BCUT2D eigenvalue weighted by Crippen LogP contribution is 2.37. The number of halogens is 1. The van der Waals surface area contributed by atoms with E-state index in [1.807, 2.05) is 62.0 Å². The molecule has 3 aromatic carbocycles. The van der Waals surface area contributed by atoms with Crippen LogP contribution in [0.5, 0.6) is 0 Å². The second kappa shape index (κ2) is 31.7. The van der Waals surface area contributed by atoms with Crippen molar-refractivity contribution in [2.24, 2.45) is 15.4 Å². The van der Waals surface area contributed by atoms with E-state index >= 15 is 0 Å². The van der Waals surface area contributed by atoms with Crippen molar-refractivity contribution in [1.82, 2.24) is 41.5 Å². The molecule has 0 saturated carbocycles. The number of aliphatic hydroxyl groups is 1. The van der Waals surface area contributed by atoms with Crippen LogP contribution >= 0.6 is 23.4 Å². The lowest BCUT2D eigenvalue weighted by molar-refractivity contribution is -0.121. The number of nitrogens with zero attached hydrogens (tertiary/aromatic N) is 7. The van der Waals surface area contributed by atoms with Crippen LogP contribution in [0.4, 0.5) is 16.2 Å². The Hall–Kier alpha value is -7.09. The minimum Gasteiger partial charge on any atom is -0.511 e. The lowest BCUT2D eigenvalue weighted by atomic mass is 9.75. The fourth-order valence-electron chi connectivity index (χ4n) is 10.2. The first-order valence-electron chi connectivity index (χ1n) is 28.7. The van der Waals surface area contributed by atoms with Crippen LogP contribution in [0.3, 0.4) is 0 Å². The van der Waals surface area contributed by atoms with Gasteiger partial charge in [0.15, 0.2) is 5.78 Å². The number of aromatic nitrogens is 4. The third kappa shape index (κ3) is 18.7. The third-order valence-corrected chi connectivity index (χ3v) is 16.1. The summed E-state index contributed by atoms with van der Waals surface area (Å²) >= 11 is 8.27. The topological polar surface area (TPSA) is 291 Å².